The van der Waals surface area contributed by atoms with Crippen LogP contribution in [0.15, 0.2) is 47.0 Å². The minimum atomic E-state index is -0.0446. The lowest BCUT2D eigenvalue weighted by molar-refractivity contribution is -0.120. The smallest absolute Gasteiger partial charge is 0.239 e. The van der Waals surface area contributed by atoms with Crippen molar-refractivity contribution in [2.24, 2.45) is 4.99 Å². The van der Waals surface area contributed by atoms with Gasteiger partial charge in [0.25, 0.3) is 0 Å². The summed E-state index contributed by atoms with van der Waals surface area (Å²) in [5.74, 6) is 0.623. The van der Waals surface area contributed by atoms with E-state index >= 15 is 0 Å². The molecule has 1 aliphatic rings. The van der Waals surface area contributed by atoms with Crippen molar-refractivity contribution in [3.63, 3.8) is 0 Å². The molecule has 3 N–H and O–H groups in total. The average Bonchev–Trinajstić information content (AvgIpc) is 2.64. The maximum Gasteiger partial charge on any atom is 0.239 e. The van der Waals surface area contributed by atoms with E-state index in [0.717, 1.165) is 18.5 Å². The van der Waals surface area contributed by atoms with Gasteiger partial charge in [-0.1, -0.05) is 42.0 Å². The normalized spacial score (nSPS) is 14.1. The predicted octanol–water partition coefficient (Wildman–Crippen LogP) is 2.98. The number of nitrogens with zero attached hydrogens (tertiary/aromatic N) is 1. The first kappa shape index (κ1) is 21.5. The van der Waals surface area contributed by atoms with Crippen LogP contribution in [-0.2, 0) is 11.3 Å². The van der Waals surface area contributed by atoms with Gasteiger partial charge in [0.15, 0.2) is 5.96 Å². The number of amides is 1. The SMILES string of the molecule is CN=C(NCCC1=CCCCC1)NCC(=O)NCc1ccccc1.I. The van der Waals surface area contributed by atoms with Crippen molar-refractivity contribution in [1.82, 2.24) is 16.0 Å². The number of hydrogen-bond donors (Lipinski definition) is 3. The second-order valence-electron chi connectivity index (χ2n) is 5.97. The number of allylic oxidation sites excluding steroid dienone is 1. The lowest BCUT2D eigenvalue weighted by atomic mass is 9.97. The van der Waals surface area contributed by atoms with Crippen LogP contribution < -0.4 is 16.0 Å². The summed E-state index contributed by atoms with van der Waals surface area (Å²) in [5, 5.41) is 9.21. The van der Waals surface area contributed by atoms with E-state index in [4.69, 9.17) is 0 Å². The topological polar surface area (TPSA) is 65.5 Å². The Bertz CT molecular complexity index is 572. The van der Waals surface area contributed by atoms with E-state index in [9.17, 15) is 4.79 Å². The van der Waals surface area contributed by atoms with Crippen molar-refractivity contribution in [2.75, 3.05) is 20.1 Å². The van der Waals surface area contributed by atoms with E-state index in [2.05, 4.69) is 27.0 Å². The molecule has 0 bridgehead atoms. The highest BCUT2D eigenvalue weighted by atomic mass is 127. The van der Waals surface area contributed by atoms with Gasteiger partial charge < -0.3 is 16.0 Å². The van der Waals surface area contributed by atoms with Crippen LogP contribution in [0.1, 0.15) is 37.7 Å². The molecule has 0 saturated carbocycles. The molecule has 0 fully saturated rings. The second kappa shape index (κ2) is 12.7. The first-order valence-electron chi connectivity index (χ1n) is 8.71. The number of rotatable bonds is 7. The molecule has 0 unspecified atom stereocenters. The van der Waals surface area contributed by atoms with Crippen LogP contribution in [0, 0.1) is 0 Å². The van der Waals surface area contributed by atoms with Crippen LogP contribution in [0.2, 0.25) is 0 Å². The van der Waals surface area contributed by atoms with Gasteiger partial charge in [0.1, 0.15) is 0 Å². The zero-order valence-electron chi connectivity index (χ0n) is 14.9. The van der Waals surface area contributed by atoms with E-state index < -0.39 is 0 Å². The molecule has 0 radical (unpaired) electrons. The molecule has 0 aliphatic heterocycles. The Morgan fingerprint density at radius 3 is 2.60 bits per heavy atom. The third kappa shape index (κ3) is 8.90. The zero-order chi connectivity index (χ0) is 17.0. The Morgan fingerprint density at radius 2 is 1.92 bits per heavy atom. The molecule has 6 heteroatoms. The lowest BCUT2D eigenvalue weighted by Crippen LogP contribution is -2.43. The Morgan fingerprint density at radius 1 is 1.12 bits per heavy atom. The highest BCUT2D eigenvalue weighted by Crippen LogP contribution is 2.19. The van der Waals surface area contributed by atoms with Crippen molar-refractivity contribution >= 4 is 35.8 Å². The fourth-order valence-electron chi connectivity index (χ4n) is 2.72. The Hall–Kier alpha value is -1.57. The summed E-state index contributed by atoms with van der Waals surface area (Å²) in [7, 11) is 1.72. The molecule has 1 aromatic rings. The van der Waals surface area contributed by atoms with Crippen LogP contribution in [0.25, 0.3) is 0 Å². The summed E-state index contributed by atoms with van der Waals surface area (Å²) in [6.45, 7) is 1.61. The number of hydrogen-bond acceptors (Lipinski definition) is 2. The van der Waals surface area contributed by atoms with E-state index in [1.165, 1.54) is 31.3 Å². The first-order chi connectivity index (χ1) is 11.8. The average molecular weight is 456 g/mol. The maximum absolute atomic E-state index is 11.9. The molecular weight excluding hydrogens is 427 g/mol. The monoisotopic (exact) mass is 456 g/mol. The van der Waals surface area contributed by atoms with Gasteiger partial charge in [-0.25, -0.2) is 0 Å². The Kier molecular flexibility index (Phi) is 10.9. The molecule has 1 amide bonds. The molecule has 0 heterocycles. The number of carbonyl (C=O) groups is 1. The van der Waals surface area contributed by atoms with Crippen LogP contribution in [0.5, 0.6) is 0 Å². The molecule has 0 spiro atoms. The zero-order valence-corrected chi connectivity index (χ0v) is 17.2. The minimum absolute atomic E-state index is 0. The Balaban J connectivity index is 0.00000312. The fraction of sp³-hybridized carbons (Fsp3) is 0.474. The predicted molar refractivity (Wildman–Crippen MR) is 114 cm³/mol. The number of halogens is 1. The molecule has 0 saturated heterocycles. The van der Waals surface area contributed by atoms with Crippen LogP contribution in [0.4, 0.5) is 0 Å². The summed E-state index contributed by atoms with van der Waals surface area (Å²) in [6.07, 6.45) is 8.46. The number of aliphatic imine (C=N–C) groups is 1. The van der Waals surface area contributed by atoms with Gasteiger partial charge in [-0.15, -0.1) is 24.0 Å². The quantitative estimate of drug-likeness (QED) is 0.256. The number of carbonyl (C=O) groups excluding carboxylic acids is 1. The van der Waals surface area contributed by atoms with Gasteiger partial charge in [-0.2, -0.15) is 0 Å². The molecule has 138 valence electrons. The van der Waals surface area contributed by atoms with Crippen molar-refractivity contribution in [2.45, 2.75) is 38.6 Å². The number of nitrogens with one attached hydrogen (secondary N) is 3. The summed E-state index contributed by atoms with van der Waals surface area (Å²) < 4.78 is 0. The summed E-state index contributed by atoms with van der Waals surface area (Å²) in [4.78, 5) is 16.0. The van der Waals surface area contributed by atoms with E-state index in [1.807, 2.05) is 30.3 Å². The largest absolute Gasteiger partial charge is 0.356 e. The van der Waals surface area contributed by atoms with Crippen LogP contribution >= 0.6 is 24.0 Å². The fourth-order valence-corrected chi connectivity index (χ4v) is 2.72. The molecule has 5 nitrogen and oxygen atoms in total. The van der Waals surface area contributed by atoms with Gasteiger partial charge in [0.2, 0.25) is 5.91 Å². The second-order valence-corrected chi connectivity index (χ2v) is 5.97. The highest BCUT2D eigenvalue weighted by Gasteiger charge is 2.05. The van der Waals surface area contributed by atoms with Crippen molar-refractivity contribution < 1.29 is 4.79 Å². The molecular formula is C19H29IN4O. The molecule has 1 aromatic carbocycles. The number of guanidine groups is 1. The van der Waals surface area contributed by atoms with E-state index in [0.29, 0.717) is 12.5 Å². The minimum Gasteiger partial charge on any atom is -0.356 e. The van der Waals surface area contributed by atoms with Gasteiger partial charge in [0, 0.05) is 20.1 Å². The molecule has 25 heavy (non-hydrogen) atoms. The number of benzene rings is 1. The van der Waals surface area contributed by atoms with Gasteiger partial charge >= 0.3 is 0 Å². The third-order valence-electron chi connectivity index (χ3n) is 4.10. The molecule has 0 atom stereocenters. The summed E-state index contributed by atoms with van der Waals surface area (Å²) in [5.41, 5.74) is 2.62. The van der Waals surface area contributed by atoms with Crippen LogP contribution in [0.3, 0.4) is 0 Å². The summed E-state index contributed by atoms with van der Waals surface area (Å²) in [6, 6.07) is 9.88. The summed E-state index contributed by atoms with van der Waals surface area (Å²) >= 11 is 0. The molecule has 2 rings (SSSR count). The molecule has 0 aromatic heterocycles. The van der Waals surface area contributed by atoms with E-state index in [1.54, 1.807) is 7.05 Å². The van der Waals surface area contributed by atoms with Gasteiger partial charge in [-0.3, -0.25) is 9.79 Å². The Labute approximate surface area is 167 Å². The third-order valence-corrected chi connectivity index (χ3v) is 4.10. The molecule has 1 aliphatic carbocycles. The lowest BCUT2D eigenvalue weighted by Gasteiger charge is -2.15. The first-order valence-corrected chi connectivity index (χ1v) is 8.71. The highest BCUT2D eigenvalue weighted by molar-refractivity contribution is 14.0. The van der Waals surface area contributed by atoms with Crippen molar-refractivity contribution in [3.05, 3.63) is 47.5 Å². The maximum atomic E-state index is 11.9. The van der Waals surface area contributed by atoms with Gasteiger partial charge in [-0.05, 0) is 37.7 Å². The van der Waals surface area contributed by atoms with Crippen molar-refractivity contribution in [1.29, 1.82) is 0 Å². The van der Waals surface area contributed by atoms with Crippen molar-refractivity contribution in [3.8, 4) is 0 Å². The van der Waals surface area contributed by atoms with E-state index in [-0.39, 0.29) is 36.4 Å². The van der Waals surface area contributed by atoms with Crippen LogP contribution in [-0.4, -0.2) is 32.0 Å². The van der Waals surface area contributed by atoms with Gasteiger partial charge in [0.05, 0.1) is 6.54 Å². The standard InChI is InChI=1S/C19H28N4O.HI/c1-20-19(21-13-12-16-8-4-2-5-9-16)23-15-18(24)22-14-17-10-6-3-7-11-17;/h3,6-8,10-11H,2,4-5,9,12-15H2,1H3,(H,22,24)(H2,20,21,23);1H.